The maximum absolute atomic E-state index is 9.43. The molecule has 1 heterocycles. The predicted molar refractivity (Wildman–Crippen MR) is 67.7 cm³/mol. The molecule has 0 aliphatic heterocycles. The van der Waals surface area contributed by atoms with Crippen molar-refractivity contribution in [1.82, 2.24) is 10.1 Å². The van der Waals surface area contributed by atoms with Gasteiger partial charge in [-0.25, -0.2) is 0 Å². The van der Waals surface area contributed by atoms with Crippen molar-refractivity contribution >= 4 is 0 Å². The Bertz CT molecular complexity index is 533. The van der Waals surface area contributed by atoms with Crippen molar-refractivity contribution in [3.05, 3.63) is 24.0 Å². The largest absolute Gasteiger partial charge is 0.508 e. The normalized spacial score (nSPS) is 12.5. The van der Waals surface area contributed by atoms with Gasteiger partial charge in [-0.05, 0) is 18.6 Å². The number of hydrogen-bond acceptors (Lipinski definition) is 6. The molecule has 6 heteroatoms. The Morgan fingerprint density at radius 1 is 1.26 bits per heavy atom. The van der Waals surface area contributed by atoms with E-state index in [4.69, 9.17) is 9.26 Å². The Morgan fingerprint density at radius 2 is 1.95 bits per heavy atom. The monoisotopic (exact) mass is 264 g/mol. The average molecular weight is 264 g/mol. The summed E-state index contributed by atoms with van der Waals surface area (Å²) in [6.07, 6.45) is 1.52. The molecule has 0 radical (unpaired) electrons. The minimum atomic E-state index is -0.214. The molecule has 0 spiro atoms. The smallest absolute Gasteiger partial charge is 0.258 e. The molecule has 2 aromatic rings. The Morgan fingerprint density at radius 3 is 2.53 bits per heavy atom. The van der Waals surface area contributed by atoms with Gasteiger partial charge in [-0.3, -0.25) is 0 Å². The SMILES string of the molecule is CCCC(OC)c1noc(-c2cc(O)cc(O)c2)n1. The number of methoxy groups -OCH3 is 1. The quantitative estimate of drug-likeness (QED) is 0.863. The van der Waals surface area contributed by atoms with Crippen LogP contribution in [-0.2, 0) is 4.74 Å². The van der Waals surface area contributed by atoms with E-state index < -0.39 is 0 Å². The number of aromatic nitrogens is 2. The summed E-state index contributed by atoms with van der Waals surface area (Å²) in [4.78, 5) is 4.23. The van der Waals surface area contributed by atoms with Gasteiger partial charge in [0, 0.05) is 18.7 Å². The van der Waals surface area contributed by atoms with Gasteiger partial charge in [0.25, 0.3) is 5.89 Å². The third-order valence-corrected chi connectivity index (χ3v) is 2.71. The highest BCUT2D eigenvalue weighted by molar-refractivity contribution is 5.58. The van der Waals surface area contributed by atoms with E-state index in [-0.39, 0.29) is 23.5 Å². The van der Waals surface area contributed by atoms with E-state index in [2.05, 4.69) is 10.1 Å². The highest BCUT2D eigenvalue weighted by Crippen LogP contribution is 2.29. The van der Waals surface area contributed by atoms with Crippen molar-refractivity contribution in [3.8, 4) is 23.0 Å². The summed E-state index contributed by atoms with van der Waals surface area (Å²) >= 11 is 0. The van der Waals surface area contributed by atoms with Crippen LogP contribution in [0.1, 0.15) is 31.7 Å². The minimum absolute atomic E-state index is 0.0633. The topological polar surface area (TPSA) is 88.6 Å². The van der Waals surface area contributed by atoms with Gasteiger partial charge in [0.05, 0.1) is 0 Å². The number of nitrogens with zero attached hydrogens (tertiary/aromatic N) is 2. The van der Waals surface area contributed by atoms with Gasteiger partial charge in [-0.2, -0.15) is 4.98 Å². The lowest BCUT2D eigenvalue weighted by Crippen LogP contribution is -2.03. The van der Waals surface area contributed by atoms with Crippen LogP contribution in [-0.4, -0.2) is 27.5 Å². The van der Waals surface area contributed by atoms with E-state index in [1.807, 2.05) is 6.92 Å². The van der Waals surface area contributed by atoms with E-state index in [0.717, 1.165) is 12.8 Å². The molecule has 0 saturated carbocycles. The molecule has 2 N–H and O–H groups in total. The molecule has 0 aliphatic carbocycles. The van der Waals surface area contributed by atoms with Crippen molar-refractivity contribution in [3.63, 3.8) is 0 Å². The van der Waals surface area contributed by atoms with Crippen molar-refractivity contribution in [1.29, 1.82) is 0 Å². The number of aromatic hydroxyl groups is 2. The Hall–Kier alpha value is -2.08. The predicted octanol–water partition coefficient (Wildman–Crippen LogP) is 2.64. The summed E-state index contributed by atoms with van der Waals surface area (Å²) < 4.78 is 10.4. The average Bonchev–Trinajstić information content (AvgIpc) is 2.84. The second kappa shape index (κ2) is 5.71. The third kappa shape index (κ3) is 3.03. The highest BCUT2D eigenvalue weighted by atomic mass is 16.5. The molecule has 1 unspecified atom stereocenters. The fraction of sp³-hybridized carbons (Fsp3) is 0.385. The van der Waals surface area contributed by atoms with Gasteiger partial charge in [0.15, 0.2) is 0 Å². The lowest BCUT2D eigenvalue weighted by Gasteiger charge is -2.08. The molecule has 19 heavy (non-hydrogen) atoms. The van der Waals surface area contributed by atoms with Gasteiger partial charge < -0.3 is 19.5 Å². The van der Waals surface area contributed by atoms with E-state index in [0.29, 0.717) is 11.4 Å². The molecule has 1 aromatic heterocycles. The third-order valence-electron chi connectivity index (χ3n) is 2.71. The van der Waals surface area contributed by atoms with Crippen molar-refractivity contribution in [2.45, 2.75) is 25.9 Å². The van der Waals surface area contributed by atoms with Crippen LogP contribution in [0.15, 0.2) is 22.7 Å². The molecule has 0 fully saturated rings. The molecule has 1 atom stereocenters. The zero-order valence-corrected chi connectivity index (χ0v) is 10.8. The Balaban J connectivity index is 2.29. The number of ether oxygens (including phenoxy) is 1. The fourth-order valence-corrected chi connectivity index (χ4v) is 1.82. The first-order valence-electron chi connectivity index (χ1n) is 6.03. The minimum Gasteiger partial charge on any atom is -0.508 e. The summed E-state index contributed by atoms with van der Waals surface area (Å²) in [6, 6.07) is 4.12. The van der Waals surface area contributed by atoms with E-state index in [1.165, 1.54) is 18.2 Å². The van der Waals surface area contributed by atoms with Crippen LogP contribution in [0.4, 0.5) is 0 Å². The van der Waals surface area contributed by atoms with E-state index >= 15 is 0 Å². The van der Waals surface area contributed by atoms with Crippen LogP contribution in [0.3, 0.4) is 0 Å². The molecular weight excluding hydrogens is 248 g/mol. The van der Waals surface area contributed by atoms with E-state index in [1.54, 1.807) is 7.11 Å². The lowest BCUT2D eigenvalue weighted by molar-refractivity contribution is 0.0854. The zero-order chi connectivity index (χ0) is 13.8. The van der Waals surface area contributed by atoms with Crippen LogP contribution in [0.25, 0.3) is 11.5 Å². The van der Waals surface area contributed by atoms with Crippen LogP contribution >= 0.6 is 0 Å². The first-order chi connectivity index (χ1) is 9.13. The molecule has 6 nitrogen and oxygen atoms in total. The van der Waals surface area contributed by atoms with Gasteiger partial charge >= 0.3 is 0 Å². The number of phenols is 2. The van der Waals surface area contributed by atoms with Gasteiger partial charge in [-0.15, -0.1) is 0 Å². The van der Waals surface area contributed by atoms with Crippen LogP contribution in [0.5, 0.6) is 11.5 Å². The maximum Gasteiger partial charge on any atom is 0.258 e. The second-order valence-electron chi connectivity index (χ2n) is 4.21. The number of rotatable bonds is 5. The Labute approximate surface area is 110 Å². The fourth-order valence-electron chi connectivity index (χ4n) is 1.82. The summed E-state index contributed by atoms with van der Waals surface area (Å²) in [5, 5.41) is 22.7. The molecule has 0 saturated heterocycles. The summed E-state index contributed by atoms with van der Waals surface area (Å²) in [5.74, 6) is 0.569. The zero-order valence-electron chi connectivity index (χ0n) is 10.8. The molecule has 102 valence electrons. The molecule has 0 bridgehead atoms. The van der Waals surface area contributed by atoms with Crippen LogP contribution in [0, 0.1) is 0 Å². The number of benzene rings is 1. The number of phenolic OH excluding ortho intramolecular Hbond substituents is 2. The number of hydrogen-bond donors (Lipinski definition) is 2. The van der Waals surface area contributed by atoms with Gasteiger partial charge in [-0.1, -0.05) is 18.5 Å². The highest BCUT2D eigenvalue weighted by Gasteiger charge is 2.18. The summed E-state index contributed by atoms with van der Waals surface area (Å²) in [7, 11) is 1.59. The lowest BCUT2D eigenvalue weighted by atomic mass is 10.2. The standard InChI is InChI=1S/C13H16N2O4/c1-3-4-11(18-2)12-14-13(19-15-12)8-5-9(16)7-10(17)6-8/h5-7,11,16-17H,3-4H2,1-2H3. The first kappa shape index (κ1) is 13.4. The van der Waals surface area contributed by atoms with Gasteiger partial charge in [0.2, 0.25) is 5.82 Å². The summed E-state index contributed by atoms with van der Waals surface area (Å²) in [6.45, 7) is 2.04. The van der Waals surface area contributed by atoms with Gasteiger partial charge in [0.1, 0.15) is 17.6 Å². The van der Waals surface area contributed by atoms with Crippen molar-refractivity contribution in [2.24, 2.45) is 0 Å². The molecule has 1 aromatic carbocycles. The van der Waals surface area contributed by atoms with E-state index in [9.17, 15) is 10.2 Å². The second-order valence-corrected chi connectivity index (χ2v) is 4.21. The van der Waals surface area contributed by atoms with Crippen LogP contribution in [0.2, 0.25) is 0 Å². The first-order valence-corrected chi connectivity index (χ1v) is 6.03. The van der Waals surface area contributed by atoms with Crippen LogP contribution < -0.4 is 0 Å². The molecule has 2 rings (SSSR count). The maximum atomic E-state index is 9.43. The Kier molecular flexibility index (Phi) is 4.01. The molecule has 0 amide bonds. The molecule has 0 aliphatic rings. The van der Waals surface area contributed by atoms with Crippen molar-refractivity contribution < 1.29 is 19.5 Å². The summed E-state index contributed by atoms with van der Waals surface area (Å²) in [5.41, 5.74) is 0.461. The molecular formula is C13H16N2O4. The van der Waals surface area contributed by atoms with Crippen molar-refractivity contribution in [2.75, 3.05) is 7.11 Å².